The molecule has 0 bridgehead atoms. The summed E-state index contributed by atoms with van der Waals surface area (Å²) in [5.41, 5.74) is 5.27. The normalized spacial score (nSPS) is 11.9. The molecule has 0 aromatic carbocycles. The number of aliphatic carboxylic acids is 1. The minimum absolute atomic E-state index is 0.0324. The Morgan fingerprint density at radius 1 is 1.35 bits per heavy atom. The first kappa shape index (κ1) is 15.6. The number of nitrogens with one attached hydrogen (secondary N) is 1. The van der Waals surface area contributed by atoms with Gasteiger partial charge < -0.3 is 16.2 Å². The van der Waals surface area contributed by atoms with E-state index >= 15 is 0 Å². The van der Waals surface area contributed by atoms with Crippen LogP contribution in [0.25, 0.3) is 0 Å². The van der Waals surface area contributed by atoms with Gasteiger partial charge in [-0.25, -0.2) is 4.79 Å². The number of carbonyl (C=O) groups excluding carboxylic acids is 2. The highest BCUT2D eigenvalue weighted by Crippen LogP contribution is 2.06. The number of primary amides is 1. The Morgan fingerprint density at radius 2 is 2.00 bits per heavy atom. The van der Waals surface area contributed by atoms with Crippen molar-refractivity contribution in [1.29, 1.82) is 0 Å². The fraction of sp³-hybridized carbons (Fsp3) is 0.385. The molecule has 0 saturated carbocycles. The first-order valence-corrected chi connectivity index (χ1v) is 6.10. The smallest absolute Gasteiger partial charge is 0.326 e. The van der Waals surface area contributed by atoms with E-state index < -0.39 is 23.8 Å². The van der Waals surface area contributed by atoms with Crippen LogP contribution in [0.2, 0.25) is 0 Å². The van der Waals surface area contributed by atoms with Crippen molar-refractivity contribution >= 4 is 17.8 Å². The van der Waals surface area contributed by atoms with Crippen LogP contribution in [0.4, 0.5) is 0 Å². The van der Waals surface area contributed by atoms with Crippen LogP contribution in [0.15, 0.2) is 18.3 Å². The van der Waals surface area contributed by atoms with Crippen molar-refractivity contribution in [3.05, 3.63) is 29.6 Å². The summed E-state index contributed by atoms with van der Waals surface area (Å²) < 4.78 is 0. The molecule has 1 aromatic heterocycles. The lowest BCUT2D eigenvalue weighted by Gasteiger charge is -2.16. The number of pyridine rings is 1. The first-order valence-electron chi connectivity index (χ1n) is 6.10. The van der Waals surface area contributed by atoms with E-state index in [2.05, 4.69) is 10.3 Å². The van der Waals surface area contributed by atoms with Crippen LogP contribution in [-0.4, -0.2) is 33.9 Å². The number of nitrogens with zero attached hydrogens (tertiary/aromatic N) is 1. The minimum atomic E-state index is -1.10. The van der Waals surface area contributed by atoms with Crippen LogP contribution >= 0.6 is 0 Å². The molecule has 0 aliphatic heterocycles. The van der Waals surface area contributed by atoms with Gasteiger partial charge in [0, 0.05) is 6.20 Å². The van der Waals surface area contributed by atoms with Crippen LogP contribution < -0.4 is 11.1 Å². The van der Waals surface area contributed by atoms with E-state index in [-0.39, 0.29) is 17.2 Å². The largest absolute Gasteiger partial charge is 0.480 e. The molecule has 108 valence electrons. The number of aromatic nitrogens is 1. The molecular weight excluding hydrogens is 262 g/mol. The molecule has 0 aliphatic rings. The molecule has 4 N–H and O–H groups in total. The maximum absolute atomic E-state index is 11.9. The number of rotatable bonds is 6. The topological polar surface area (TPSA) is 122 Å². The van der Waals surface area contributed by atoms with E-state index in [9.17, 15) is 14.4 Å². The lowest BCUT2D eigenvalue weighted by atomic mass is 10.0. The second kappa shape index (κ2) is 6.65. The lowest BCUT2D eigenvalue weighted by Crippen LogP contribution is -2.41. The van der Waals surface area contributed by atoms with Crippen molar-refractivity contribution in [3.63, 3.8) is 0 Å². The zero-order valence-electron chi connectivity index (χ0n) is 11.3. The maximum atomic E-state index is 11.9. The maximum Gasteiger partial charge on any atom is 0.326 e. The van der Waals surface area contributed by atoms with Gasteiger partial charge in [0.05, 0.1) is 5.56 Å². The van der Waals surface area contributed by atoms with Crippen molar-refractivity contribution in [2.75, 3.05) is 0 Å². The molecule has 7 heteroatoms. The third-order valence-corrected chi connectivity index (χ3v) is 2.59. The van der Waals surface area contributed by atoms with Gasteiger partial charge in [0.15, 0.2) is 0 Å². The highest BCUT2D eigenvalue weighted by atomic mass is 16.4. The van der Waals surface area contributed by atoms with Crippen LogP contribution in [0, 0.1) is 5.92 Å². The zero-order chi connectivity index (χ0) is 15.3. The predicted molar refractivity (Wildman–Crippen MR) is 71.1 cm³/mol. The van der Waals surface area contributed by atoms with E-state index in [1.807, 2.05) is 13.8 Å². The van der Waals surface area contributed by atoms with Gasteiger partial charge in [-0.2, -0.15) is 0 Å². The van der Waals surface area contributed by atoms with Crippen molar-refractivity contribution < 1.29 is 19.5 Å². The number of carboxylic acid groups (broad SMARTS) is 1. The number of amides is 2. The Balaban J connectivity index is 2.78. The van der Waals surface area contributed by atoms with Gasteiger partial charge in [0.1, 0.15) is 11.7 Å². The molecule has 0 saturated heterocycles. The van der Waals surface area contributed by atoms with Crippen LogP contribution in [0.3, 0.4) is 0 Å². The molecule has 0 radical (unpaired) electrons. The number of nitrogens with two attached hydrogens (primary N) is 1. The van der Waals surface area contributed by atoms with E-state index in [4.69, 9.17) is 10.8 Å². The van der Waals surface area contributed by atoms with E-state index in [0.29, 0.717) is 6.42 Å². The van der Waals surface area contributed by atoms with E-state index in [1.54, 1.807) is 0 Å². The molecule has 1 rings (SSSR count). The quantitative estimate of drug-likeness (QED) is 0.696. The first-order chi connectivity index (χ1) is 9.31. The molecule has 1 unspecified atom stereocenters. The van der Waals surface area contributed by atoms with Gasteiger partial charge in [-0.1, -0.05) is 13.8 Å². The summed E-state index contributed by atoms with van der Waals surface area (Å²) in [4.78, 5) is 37.6. The van der Waals surface area contributed by atoms with Crippen LogP contribution in [0.1, 0.15) is 41.1 Å². The Labute approximate surface area is 116 Å². The number of hydrogen-bond donors (Lipinski definition) is 3. The molecule has 2 amide bonds. The second-order valence-electron chi connectivity index (χ2n) is 4.79. The Morgan fingerprint density at radius 3 is 2.40 bits per heavy atom. The summed E-state index contributed by atoms with van der Waals surface area (Å²) >= 11 is 0. The summed E-state index contributed by atoms with van der Waals surface area (Å²) in [5.74, 6) is -2.22. The van der Waals surface area contributed by atoms with E-state index in [1.165, 1.54) is 18.3 Å². The van der Waals surface area contributed by atoms with Gasteiger partial charge in [-0.05, 0) is 24.5 Å². The monoisotopic (exact) mass is 279 g/mol. The minimum Gasteiger partial charge on any atom is -0.480 e. The molecule has 1 aromatic rings. The Kier molecular flexibility index (Phi) is 5.19. The molecular formula is C13H17N3O4. The average molecular weight is 279 g/mol. The van der Waals surface area contributed by atoms with Gasteiger partial charge in [-0.3, -0.25) is 14.6 Å². The Bertz CT molecular complexity index is 511. The molecule has 7 nitrogen and oxygen atoms in total. The van der Waals surface area contributed by atoms with Gasteiger partial charge >= 0.3 is 5.97 Å². The lowest BCUT2D eigenvalue weighted by molar-refractivity contribution is -0.139. The van der Waals surface area contributed by atoms with Crippen molar-refractivity contribution in [3.8, 4) is 0 Å². The fourth-order valence-corrected chi connectivity index (χ4v) is 1.60. The van der Waals surface area contributed by atoms with E-state index in [0.717, 1.165) is 0 Å². The molecule has 20 heavy (non-hydrogen) atoms. The molecule has 1 atom stereocenters. The van der Waals surface area contributed by atoms with Crippen molar-refractivity contribution in [2.24, 2.45) is 11.7 Å². The van der Waals surface area contributed by atoms with Gasteiger partial charge in [0.25, 0.3) is 5.91 Å². The number of hydrogen-bond acceptors (Lipinski definition) is 4. The second-order valence-corrected chi connectivity index (χ2v) is 4.79. The molecule has 0 fully saturated rings. The fourth-order valence-electron chi connectivity index (χ4n) is 1.60. The van der Waals surface area contributed by atoms with Crippen LogP contribution in [-0.2, 0) is 4.79 Å². The summed E-state index contributed by atoms with van der Waals surface area (Å²) in [6.07, 6.45) is 1.50. The third kappa shape index (κ3) is 4.34. The summed E-state index contributed by atoms with van der Waals surface area (Å²) in [7, 11) is 0. The highest BCUT2D eigenvalue weighted by Gasteiger charge is 2.22. The number of carbonyl (C=O) groups is 3. The molecule has 0 spiro atoms. The SMILES string of the molecule is CC(C)CC(NC(=O)c1ccc(C(N)=O)cn1)C(=O)O. The van der Waals surface area contributed by atoms with Crippen molar-refractivity contribution in [1.82, 2.24) is 10.3 Å². The summed E-state index contributed by atoms with van der Waals surface area (Å²) in [6.45, 7) is 3.73. The van der Waals surface area contributed by atoms with Gasteiger partial charge in [0.2, 0.25) is 5.91 Å². The zero-order valence-corrected chi connectivity index (χ0v) is 11.3. The Hall–Kier alpha value is -2.44. The highest BCUT2D eigenvalue weighted by molar-refractivity contribution is 5.96. The average Bonchev–Trinajstić information content (AvgIpc) is 2.37. The molecule has 0 aliphatic carbocycles. The number of carboxylic acids is 1. The van der Waals surface area contributed by atoms with Crippen molar-refractivity contribution in [2.45, 2.75) is 26.3 Å². The predicted octanol–water partition coefficient (Wildman–Crippen LogP) is 0.410. The van der Waals surface area contributed by atoms with Crippen LogP contribution in [0.5, 0.6) is 0 Å². The summed E-state index contributed by atoms with van der Waals surface area (Å²) in [6, 6.07) is 1.71. The van der Waals surface area contributed by atoms with Gasteiger partial charge in [-0.15, -0.1) is 0 Å². The standard InChI is InChI=1S/C13H17N3O4/c1-7(2)5-10(13(19)20)16-12(18)9-4-3-8(6-15-9)11(14)17/h3-4,6-7,10H,5H2,1-2H3,(H2,14,17)(H,16,18)(H,19,20). The third-order valence-electron chi connectivity index (χ3n) is 2.59. The molecule has 1 heterocycles. The summed E-state index contributed by atoms with van der Waals surface area (Å²) in [5, 5.41) is 11.4.